The summed E-state index contributed by atoms with van der Waals surface area (Å²) in [6.07, 6.45) is 0.989. The van der Waals surface area contributed by atoms with E-state index in [0.717, 1.165) is 18.4 Å². The first-order chi connectivity index (χ1) is 7.16. The first kappa shape index (κ1) is 11.9. The highest BCUT2D eigenvalue weighted by Crippen LogP contribution is 2.26. The minimum absolute atomic E-state index is 0.0632. The third kappa shape index (κ3) is 3.17. The number of Topliss-reactive ketones (excluding diaryl/α,β-unsaturated/α-hetero) is 1. The molecule has 1 rings (SSSR count). The number of aliphatic hydroxyl groups is 1. The quantitative estimate of drug-likeness (QED) is 0.804. The van der Waals surface area contributed by atoms with Gasteiger partial charge in [-0.2, -0.15) is 0 Å². The molecule has 1 aromatic carbocycles. The van der Waals surface area contributed by atoms with Crippen molar-refractivity contribution in [3.8, 4) is 0 Å². The summed E-state index contributed by atoms with van der Waals surface area (Å²) < 4.78 is 0. The molecule has 0 saturated heterocycles. The highest BCUT2D eigenvalue weighted by molar-refractivity contribution is 5.79. The van der Waals surface area contributed by atoms with Gasteiger partial charge in [-0.05, 0) is 18.9 Å². The molecule has 1 N–H and O–H groups in total. The molecule has 0 heterocycles. The van der Waals surface area contributed by atoms with E-state index < -0.39 is 6.10 Å². The first-order valence-electron chi connectivity index (χ1n) is 5.40. The molecule has 0 bridgehead atoms. The fourth-order valence-electron chi connectivity index (χ4n) is 1.78. The molecule has 0 spiro atoms. The molecule has 82 valence electrons. The van der Waals surface area contributed by atoms with Crippen molar-refractivity contribution in [3.05, 3.63) is 35.9 Å². The van der Waals surface area contributed by atoms with E-state index in [1.807, 2.05) is 37.3 Å². The molecule has 0 fully saturated rings. The predicted octanol–water partition coefficient (Wildman–Crippen LogP) is 2.73. The highest BCUT2D eigenvalue weighted by atomic mass is 16.3. The Kier molecular flexibility index (Phi) is 4.50. The SMILES string of the molecule is CCCC(C(C)=O)C(O)c1ccccc1. The van der Waals surface area contributed by atoms with Crippen LogP contribution in [-0.2, 0) is 4.79 Å². The number of carbonyl (C=O) groups is 1. The van der Waals surface area contributed by atoms with Crippen LogP contribution in [0.5, 0.6) is 0 Å². The smallest absolute Gasteiger partial charge is 0.135 e. The second-order valence-electron chi connectivity index (χ2n) is 3.86. The molecule has 2 atom stereocenters. The van der Waals surface area contributed by atoms with Crippen LogP contribution in [0.15, 0.2) is 30.3 Å². The summed E-state index contributed by atoms with van der Waals surface area (Å²) in [7, 11) is 0. The number of hydrogen-bond acceptors (Lipinski definition) is 2. The third-order valence-corrected chi connectivity index (χ3v) is 2.64. The van der Waals surface area contributed by atoms with Crippen molar-refractivity contribution in [2.75, 3.05) is 0 Å². The van der Waals surface area contributed by atoms with Gasteiger partial charge in [0.15, 0.2) is 0 Å². The Morgan fingerprint density at radius 2 is 1.93 bits per heavy atom. The van der Waals surface area contributed by atoms with Crippen molar-refractivity contribution in [1.29, 1.82) is 0 Å². The molecule has 0 radical (unpaired) electrons. The third-order valence-electron chi connectivity index (χ3n) is 2.64. The van der Waals surface area contributed by atoms with Crippen molar-refractivity contribution in [2.24, 2.45) is 5.92 Å². The topological polar surface area (TPSA) is 37.3 Å². The Morgan fingerprint density at radius 1 is 1.33 bits per heavy atom. The summed E-state index contributed by atoms with van der Waals surface area (Å²) in [5, 5.41) is 10.1. The Morgan fingerprint density at radius 3 is 2.40 bits per heavy atom. The molecule has 0 aliphatic carbocycles. The molecule has 0 aliphatic heterocycles. The van der Waals surface area contributed by atoms with Crippen molar-refractivity contribution < 1.29 is 9.90 Å². The van der Waals surface area contributed by atoms with Gasteiger partial charge in [0.25, 0.3) is 0 Å². The van der Waals surface area contributed by atoms with Crippen LogP contribution in [0.25, 0.3) is 0 Å². The van der Waals surface area contributed by atoms with Gasteiger partial charge in [-0.25, -0.2) is 0 Å². The number of carbonyl (C=O) groups excluding carboxylic acids is 1. The van der Waals surface area contributed by atoms with E-state index in [1.165, 1.54) is 0 Å². The largest absolute Gasteiger partial charge is 0.388 e. The van der Waals surface area contributed by atoms with Crippen LogP contribution in [0, 0.1) is 5.92 Å². The summed E-state index contributed by atoms with van der Waals surface area (Å²) >= 11 is 0. The van der Waals surface area contributed by atoms with E-state index in [1.54, 1.807) is 6.92 Å². The molecule has 2 unspecified atom stereocenters. The van der Waals surface area contributed by atoms with Gasteiger partial charge in [0, 0.05) is 5.92 Å². The zero-order valence-corrected chi connectivity index (χ0v) is 9.31. The molecular formula is C13H18O2. The van der Waals surface area contributed by atoms with E-state index in [2.05, 4.69) is 0 Å². The number of aliphatic hydroxyl groups excluding tert-OH is 1. The maximum Gasteiger partial charge on any atom is 0.135 e. The number of benzene rings is 1. The second kappa shape index (κ2) is 5.66. The van der Waals surface area contributed by atoms with Gasteiger partial charge in [-0.3, -0.25) is 4.79 Å². The van der Waals surface area contributed by atoms with Crippen molar-refractivity contribution in [3.63, 3.8) is 0 Å². The number of rotatable bonds is 5. The van der Waals surface area contributed by atoms with Gasteiger partial charge in [0.1, 0.15) is 5.78 Å². The molecule has 0 aliphatic rings. The maximum atomic E-state index is 11.4. The first-order valence-corrected chi connectivity index (χ1v) is 5.40. The van der Waals surface area contributed by atoms with E-state index >= 15 is 0 Å². The van der Waals surface area contributed by atoms with E-state index in [-0.39, 0.29) is 11.7 Å². The predicted molar refractivity (Wildman–Crippen MR) is 60.5 cm³/mol. The molecule has 0 amide bonds. The molecule has 1 aromatic rings. The van der Waals surface area contributed by atoms with Gasteiger partial charge in [0.05, 0.1) is 6.10 Å². The molecule has 0 aromatic heterocycles. The van der Waals surface area contributed by atoms with Gasteiger partial charge >= 0.3 is 0 Å². The number of hydrogen-bond donors (Lipinski definition) is 1. The summed E-state index contributed by atoms with van der Waals surface area (Å²) in [6.45, 7) is 3.57. The summed E-state index contributed by atoms with van der Waals surface area (Å²) in [4.78, 5) is 11.4. The van der Waals surface area contributed by atoms with E-state index in [4.69, 9.17) is 0 Å². The monoisotopic (exact) mass is 206 g/mol. The fourth-order valence-corrected chi connectivity index (χ4v) is 1.78. The van der Waals surface area contributed by atoms with E-state index in [9.17, 15) is 9.90 Å². The number of ketones is 1. The Balaban J connectivity index is 2.81. The van der Waals surface area contributed by atoms with Gasteiger partial charge < -0.3 is 5.11 Å². The molecule has 2 heteroatoms. The van der Waals surface area contributed by atoms with Crippen molar-refractivity contribution in [2.45, 2.75) is 32.8 Å². The van der Waals surface area contributed by atoms with Gasteiger partial charge in [-0.15, -0.1) is 0 Å². The minimum Gasteiger partial charge on any atom is -0.388 e. The van der Waals surface area contributed by atoms with Crippen molar-refractivity contribution >= 4 is 5.78 Å². The Labute approximate surface area is 90.9 Å². The zero-order chi connectivity index (χ0) is 11.3. The van der Waals surface area contributed by atoms with Crippen LogP contribution in [0.3, 0.4) is 0 Å². The average Bonchev–Trinajstić information content (AvgIpc) is 2.26. The average molecular weight is 206 g/mol. The molecule has 0 saturated carbocycles. The summed E-state index contributed by atoms with van der Waals surface area (Å²) in [5.41, 5.74) is 0.825. The van der Waals surface area contributed by atoms with Crippen LogP contribution in [0.2, 0.25) is 0 Å². The molecular weight excluding hydrogens is 188 g/mol. The summed E-state index contributed by atoms with van der Waals surface area (Å²) in [5.74, 6) is -0.203. The maximum absolute atomic E-state index is 11.4. The van der Waals surface area contributed by atoms with Gasteiger partial charge in [-0.1, -0.05) is 43.7 Å². The highest BCUT2D eigenvalue weighted by Gasteiger charge is 2.23. The van der Waals surface area contributed by atoms with Crippen LogP contribution in [0.1, 0.15) is 38.4 Å². The zero-order valence-electron chi connectivity index (χ0n) is 9.31. The standard InChI is InChI=1S/C13H18O2/c1-3-7-12(10(2)14)13(15)11-8-5-4-6-9-11/h4-6,8-9,12-13,15H,3,7H2,1-2H3. The minimum atomic E-state index is -0.663. The fraction of sp³-hybridized carbons (Fsp3) is 0.462. The summed E-state index contributed by atoms with van der Waals surface area (Å²) in [6, 6.07) is 9.37. The lowest BCUT2D eigenvalue weighted by Gasteiger charge is -2.20. The van der Waals surface area contributed by atoms with Crippen LogP contribution in [-0.4, -0.2) is 10.9 Å². The van der Waals surface area contributed by atoms with E-state index in [0.29, 0.717) is 0 Å². The lowest BCUT2D eigenvalue weighted by atomic mass is 9.89. The van der Waals surface area contributed by atoms with Crippen LogP contribution < -0.4 is 0 Å². The molecule has 2 nitrogen and oxygen atoms in total. The second-order valence-corrected chi connectivity index (χ2v) is 3.86. The Hall–Kier alpha value is -1.15. The molecule has 15 heavy (non-hydrogen) atoms. The lowest BCUT2D eigenvalue weighted by Crippen LogP contribution is -2.19. The van der Waals surface area contributed by atoms with Crippen LogP contribution >= 0.6 is 0 Å². The van der Waals surface area contributed by atoms with Gasteiger partial charge in [0.2, 0.25) is 0 Å². The van der Waals surface area contributed by atoms with Crippen LogP contribution in [0.4, 0.5) is 0 Å². The van der Waals surface area contributed by atoms with Crippen molar-refractivity contribution in [1.82, 2.24) is 0 Å². The Bertz CT molecular complexity index is 306. The normalized spacial score (nSPS) is 14.6. The lowest BCUT2D eigenvalue weighted by molar-refractivity contribution is -0.124.